The predicted octanol–water partition coefficient (Wildman–Crippen LogP) is 1.29. The van der Waals surface area contributed by atoms with Crippen LogP contribution >= 0.6 is 0 Å². The molecule has 0 bridgehead atoms. The number of aryl methyl sites for hydroxylation is 1. The molecule has 0 heterocycles. The van der Waals surface area contributed by atoms with Gasteiger partial charge in [-0.15, -0.1) is 0 Å². The molecule has 0 saturated carbocycles. The minimum absolute atomic E-state index is 0.212. The zero-order valence-electron chi connectivity index (χ0n) is 13.0. The molecule has 0 unspecified atom stereocenters. The van der Waals surface area contributed by atoms with Gasteiger partial charge in [-0.1, -0.05) is 6.92 Å². The Bertz CT molecular complexity index is 558. The van der Waals surface area contributed by atoms with Crippen LogP contribution in [0.2, 0.25) is 0 Å². The summed E-state index contributed by atoms with van der Waals surface area (Å²) in [6.07, 6.45) is 0.736. The Morgan fingerprint density at radius 2 is 1.71 bits per heavy atom. The molecule has 0 aliphatic rings. The fraction of sp³-hybridized carbons (Fsp3) is 0.571. The highest BCUT2D eigenvalue weighted by Gasteiger charge is 2.19. The number of benzene rings is 1. The van der Waals surface area contributed by atoms with E-state index >= 15 is 0 Å². The van der Waals surface area contributed by atoms with E-state index in [0.717, 1.165) is 19.5 Å². The van der Waals surface area contributed by atoms with E-state index in [1.165, 1.54) is 20.3 Å². The van der Waals surface area contributed by atoms with Gasteiger partial charge in [0.1, 0.15) is 0 Å². The zero-order chi connectivity index (χ0) is 15.9. The second-order valence-corrected chi connectivity index (χ2v) is 6.31. The molecule has 1 aromatic rings. The number of nitrogens with one attached hydrogen (secondary N) is 2. The van der Waals surface area contributed by atoms with Crippen molar-refractivity contribution in [3.05, 3.63) is 17.7 Å². The summed E-state index contributed by atoms with van der Waals surface area (Å²) in [4.78, 5) is 0.212. The van der Waals surface area contributed by atoms with E-state index in [4.69, 9.17) is 9.47 Å². The predicted molar refractivity (Wildman–Crippen MR) is 82.6 cm³/mol. The molecule has 0 amide bonds. The lowest BCUT2D eigenvalue weighted by Gasteiger charge is -2.13. The van der Waals surface area contributed by atoms with Crippen LogP contribution < -0.4 is 19.5 Å². The molecule has 2 N–H and O–H groups in total. The van der Waals surface area contributed by atoms with E-state index in [1.54, 1.807) is 13.0 Å². The van der Waals surface area contributed by atoms with E-state index in [9.17, 15) is 8.42 Å². The normalized spacial score (nSPS) is 11.4. The lowest BCUT2D eigenvalue weighted by molar-refractivity contribution is 0.353. The smallest absolute Gasteiger partial charge is 0.240 e. The van der Waals surface area contributed by atoms with Gasteiger partial charge in [0.15, 0.2) is 11.5 Å². The van der Waals surface area contributed by atoms with Gasteiger partial charge in [0.2, 0.25) is 10.0 Å². The molecule has 0 atom stereocenters. The van der Waals surface area contributed by atoms with Crippen molar-refractivity contribution in [1.29, 1.82) is 0 Å². The van der Waals surface area contributed by atoms with Gasteiger partial charge in [-0.05, 0) is 38.1 Å². The van der Waals surface area contributed by atoms with Crippen LogP contribution in [-0.2, 0) is 10.0 Å². The molecule has 6 nitrogen and oxygen atoms in total. The number of ether oxygens (including phenoxy) is 2. The van der Waals surface area contributed by atoms with Crippen molar-refractivity contribution in [2.24, 2.45) is 0 Å². The van der Waals surface area contributed by atoms with Gasteiger partial charge in [-0.25, -0.2) is 13.1 Å². The number of sulfonamides is 1. The first-order valence-corrected chi connectivity index (χ1v) is 8.37. The van der Waals surface area contributed by atoms with Crippen molar-refractivity contribution < 1.29 is 17.9 Å². The van der Waals surface area contributed by atoms with Gasteiger partial charge >= 0.3 is 0 Å². The lowest BCUT2D eigenvalue weighted by Crippen LogP contribution is -2.28. The van der Waals surface area contributed by atoms with Crippen molar-refractivity contribution in [2.75, 3.05) is 33.9 Å². The Labute approximate surface area is 126 Å². The summed E-state index contributed by atoms with van der Waals surface area (Å²) in [7, 11) is -0.551. The maximum atomic E-state index is 12.3. The van der Waals surface area contributed by atoms with Crippen molar-refractivity contribution in [3.63, 3.8) is 0 Å². The SMILES string of the molecule is CCNCCCNS(=O)(=O)c1cc(OC)c(OC)cc1C. The van der Waals surface area contributed by atoms with Gasteiger partial charge in [-0.3, -0.25) is 0 Å². The van der Waals surface area contributed by atoms with Crippen LogP contribution in [0.5, 0.6) is 11.5 Å². The summed E-state index contributed by atoms with van der Waals surface area (Å²) in [5, 5.41) is 3.15. The fourth-order valence-corrected chi connectivity index (χ4v) is 3.24. The van der Waals surface area contributed by atoms with Crippen LogP contribution in [0.15, 0.2) is 17.0 Å². The second kappa shape index (κ2) is 8.21. The van der Waals surface area contributed by atoms with Gasteiger partial charge in [-0.2, -0.15) is 0 Å². The van der Waals surface area contributed by atoms with Crippen molar-refractivity contribution in [1.82, 2.24) is 10.0 Å². The third kappa shape index (κ3) is 4.87. The highest BCUT2D eigenvalue weighted by atomic mass is 32.2. The average molecular weight is 316 g/mol. The fourth-order valence-electron chi connectivity index (χ4n) is 1.93. The standard InChI is InChI=1S/C14H24N2O4S/c1-5-15-7-6-8-16-21(17,18)14-10-13(20-4)12(19-3)9-11(14)2/h9-10,15-16H,5-8H2,1-4H3. The van der Waals surface area contributed by atoms with Crippen LogP contribution in [0.25, 0.3) is 0 Å². The van der Waals surface area contributed by atoms with Gasteiger partial charge in [0.05, 0.1) is 19.1 Å². The van der Waals surface area contributed by atoms with E-state index in [-0.39, 0.29) is 4.90 Å². The Balaban J connectivity index is 2.87. The molecule has 0 radical (unpaired) electrons. The summed E-state index contributed by atoms with van der Waals surface area (Å²) >= 11 is 0. The molecule has 7 heteroatoms. The molecule has 1 rings (SSSR count). The highest BCUT2D eigenvalue weighted by Crippen LogP contribution is 2.32. The first-order chi connectivity index (χ1) is 9.96. The Hall–Kier alpha value is -1.31. The maximum Gasteiger partial charge on any atom is 0.240 e. The monoisotopic (exact) mass is 316 g/mol. The second-order valence-electron chi connectivity index (χ2n) is 4.58. The minimum Gasteiger partial charge on any atom is -0.493 e. The molecule has 1 aromatic carbocycles. The van der Waals surface area contributed by atoms with Crippen LogP contribution in [0.3, 0.4) is 0 Å². The molecule has 0 fully saturated rings. The van der Waals surface area contributed by atoms with Gasteiger partial charge < -0.3 is 14.8 Å². The third-order valence-corrected chi connectivity index (χ3v) is 4.65. The summed E-state index contributed by atoms with van der Waals surface area (Å²) in [5.74, 6) is 0.914. The zero-order valence-corrected chi connectivity index (χ0v) is 13.8. The Kier molecular flexibility index (Phi) is 6.94. The summed E-state index contributed by atoms with van der Waals surface area (Å²) in [6, 6.07) is 3.15. The summed E-state index contributed by atoms with van der Waals surface area (Å²) in [6.45, 7) is 5.79. The van der Waals surface area contributed by atoms with E-state index < -0.39 is 10.0 Å². The molecular weight excluding hydrogens is 292 g/mol. The molecule has 21 heavy (non-hydrogen) atoms. The molecule has 0 spiro atoms. The Morgan fingerprint density at radius 1 is 1.10 bits per heavy atom. The topological polar surface area (TPSA) is 76.7 Å². The number of rotatable bonds is 9. The Morgan fingerprint density at radius 3 is 2.29 bits per heavy atom. The van der Waals surface area contributed by atoms with Crippen LogP contribution in [-0.4, -0.2) is 42.3 Å². The van der Waals surface area contributed by atoms with E-state index in [2.05, 4.69) is 10.0 Å². The lowest BCUT2D eigenvalue weighted by atomic mass is 10.2. The minimum atomic E-state index is -3.55. The molecular formula is C14H24N2O4S. The molecule has 0 aliphatic heterocycles. The van der Waals surface area contributed by atoms with Crippen molar-refractivity contribution in [2.45, 2.75) is 25.2 Å². The van der Waals surface area contributed by atoms with E-state index in [0.29, 0.717) is 23.6 Å². The highest BCUT2D eigenvalue weighted by molar-refractivity contribution is 7.89. The molecule has 0 saturated heterocycles. The summed E-state index contributed by atoms with van der Waals surface area (Å²) in [5.41, 5.74) is 0.617. The van der Waals surface area contributed by atoms with Gasteiger partial charge in [0, 0.05) is 12.6 Å². The first-order valence-electron chi connectivity index (χ1n) is 6.89. The maximum absolute atomic E-state index is 12.3. The van der Waals surface area contributed by atoms with Crippen LogP contribution in [0.1, 0.15) is 18.9 Å². The summed E-state index contributed by atoms with van der Waals surface area (Å²) < 4.78 is 37.6. The molecule has 0 aromatic heterocycles. The number of hydrogen-bond acceptors (Lipinski definition) is 5. The molecule has 0 aliphatic carbocycles. The largest absolute Gasteiger partial charge is 0.493 e. The van der Waals surface area contributed by atoms with Crippen LogP contribution in [0, 0.1) is 6.92 Å². The first kappa shape index (κ1) is 17.7. The van der Waals surface area contributed by atoms with Crippen LogP contribution in [0.4, 0.5) is 0 Å². The van der Waals surface area contributed by atoms with E-state index in [1.807, 2.05) is 6.92 Å². The average Bonchev–Trinajstić information content (AvgIpc) is 2.46. The van der Waals surface area contributed by atoms with Crippen molar-refractivity contribution >= 4 is 10.0 Å². The third-order valence-electron chi connectivity index (χ3n) is 3.04. The molecule has 120 valence electrons. The quantitative estimate of drug-likeness (QED) is 0.671. The number of methoxy groups -OCH3 is 2. The van der Waals surface area contributed by atoms with Gasteiger partial charge in [0.25, 0.3) is 0 Å². The number of hydrogen-bond donors (Lipinski definition) is 2. The van der Waals surface area contributed by atoms with Crippen molar-refractivity contribution in [3.8, 4) is 11.5 Å².